The summed E-state index contributed by atoms with van der Waals surface area (Å²) in [5.74, 6) is 0.779. The summed E-state index contributed by atoms with van der Waals surface area (Å²) >= 11 is 0. The van der Waals surface area contributed by atoms with Crippen LogP contribution in [0.1, 0.15) is 0 Å². The largest absolute Gasteiger partial charge is 0.372 e. The molecule has 6 nitrogen and oxygen atoms in total. The Balaban J connectivity index is 1.58. The molecule has 2 aromatic rings. The second kappa shape index (κ2) is 5.29. The number of rotatable bonds is 2. The molecule has 0 aliphatic carbocycles. The van der Waals surface area contributed by atoms with Crippen molar-refractivity contribution in [3.63, 3.8) is 0 Å². The molecule has 0 spiro atoms. The quantitative estimate of drug-likeness (QED) is 0.818. The van der Waals surface area contributed by atoms with Gasteiger partial charge in [-0.3, -0.25) is 4.98 Å². The van der Waals surface area contributed by atoms with Gasteiger partial charge in [0.25, 0.3) is 0 Å². The Morgan fingerprint density at radius 2 is 2.00 bits per heavy atom. The summed E-state index contributed by atoms with van der Waals surface area (Å²) in [5, 5.41) is 0. The minimum atomic E-state index is 0.197. The van der Waals surface area contributed by atoms with Crippen LogP contribution in [0.15, 0.2) is 43.0 Å². The maximum Gasteiger partial charge on any atom is 0.225 e. The number of ether oxygens (including phenoxy) is 1. The second-order valence-corrected chi connectivity index (χ2v) is 5.33. The van der Waals surface area contributed by atoms with E-state index in [1.807, 2.05) is 18.3 Å². The van der Waals surface area contributed by atoms with E-state index in [4.69, 9.17) is 4.74 Å². The van der Waals surface area contributed by atoms with Crippen molar-refractivity contribution in [2.24, 2.45) is 0 Å². The molecule has 2 fully saturated rings. The number of anilines is 2. The molecule has 0 radical (unpaired) electrons. The molecule has 0 aromatic carbocycles. The van der Waals surface area contributed by atoms with Crippen LogP contribution in [0.3, 0.4) is 0 Å². The molecule has 6 heteroatoms. The fourth-order valence-corrected chi connectivity index (χ4v) is 3.15. The van der Waals surface area contributed by atoms with Crippen molar-refractivity contribution in [2.45, 2.75) is 12.1 Å². The average Bonchev–Trinajstić information content (AvgIpc) is 3.00. The topological polar surface area (TPSA) is 54.4 Å². The first-order chi connectivity index (χ1) is 10.4. The minimum absolute atomic E-state index is 0.197. The molecule has 108 valence electrons. The lowest BCUT2D eigenvalue weighted by molar-refractivity contribution is 0.0355. The lowest BCUT2D eigenvalue weighted by Crippen LogP contribution is -2.51. The van der Waals surface area contributed by atoms with Gasteiger partial charge < -0.3 is 14.5 Å². The number of fused-ring (bicyclic) bond motifs is 1. The zero-order valence-electron chi connectivity index (χ0n) is 11.7. The van der Waals surface area contributed by atoms with Gasteiger partial charge in [0.05, 0.1) is 30.6 Å². The van der Waals surface area contributed by atoms with Crippen LogP contribution < -0.4 is 9.80 Å². The Bertz CT molecular complexity index is 594. The van der Waals surface area contributed by atoms with Gasteiger partial charge >= 0.3 is 0 Å². The van der Waals surface area contributed by atoms with Crippen molar-refractivity contribution >= 4 is 11.6 Å². The minimum Gasteiger partial charge on any atom is -0.372 e. The zero-order chi connectivity index (χ0) is 14.1. The van der Waals surface area contributed by atoms with E-state index in [1.165, 1.54) is 0 Å². The van der Waals surface area contributed by atoms with Gasteiger partial charge in [-0.25, -0.2) is 9.97 Å². The van der Waals surface area contributed by atoms with Gasteiger partial charge in [0.15, 0.2) is 0 Å². The Morgan fingerprint density at radius 1 is 1.10 bits per heavy atom. The first kappa shape index (κ1) is 12.5. The maximum atomic E-state index is 5.95. The van der Waals surface area contributed by atoms with Crippen molar-refractivity contribution in [1.29, 1.82) is 0 Å². The van der Waals surface area contributed by atoms with Gasteiger partial charge in [0.1, 0.15) is 0 Å². The Labute approximate surface area is 123 Å². The first-order valence-corrected chi connectivity index (χ1v) is 7.22. The molecule has 0 saturated carbocycles. The van der Waals surface area contributed by atoms with Crippen LogP contribution in [0.5, 0.6) is 0 Å². The van der Waals surface area contributed by atoms with E-state index in [-0.39, 0.29) is 6.10 Å². The molecule has 0 unspecified atom stereocenters. The normalized spacial score (nSPS) is 25.0. The van der Waals surface area contributed by atoms with Gasteiger partial charge in [0, 0.05) is 38.2 Å². The van der Waals surface area contributed by atoms with Crippen molar-refractivity contribution < 1.29 is 4.74 Å². The highest BCUT2D eigenvalue weighted by atomic mass is 16.5. The lowest BCUT2D eigenvalue weighted by atomic mass is 10.1. The molecular formula is C15H17N5O. The van der Waals surface area contributed by atoms with Crippen LogP contribution in [0.4, 0.5) is 11.6 Å². The molecule has 2 atom stereocenters. The van der Waals surface area contributed by atoms with E-state index < -0.39 is 0 Å². The van der Waals surface area contributed by atoms with Gasteiger partial charge in [-0.05, 0) is 18.2 Å². The number of morpholine rings is 1. The fourth-order valence-electron chi connectivity index (χ4n) is 3.15. The van der Waals surface area contributed by atoms with E-state index in [0.717, 1.165) is 37.9 Å². The van der Waals surface area contributed by atoms with Crippen molar-refractivity contribution in [1.82, 2.24) is 15.0 Å². The van der Waals surface area contributed by atoms with Crippen molar-refractivity contribution in [2.75, 3.05) is 36.0 Å². The summed E-state index contributed by atoms with van der Waals surface area (Å²) < 4.78 is 5.95. The number of nitrogens with zero attached hydrogens (tertiary/aromatic N) is 5. The third-order valence-corrected chi connectivity index (χ3v) is 4.11. The number of hydrogen-bond acceptors (Lipinski definition) is 6. The average molecular weight is 283 g/mol. The molecule has 2 aliphatic heterocycles. The first-order valence-electron chi connectivity index (χ1n) is 7.22. The van der Waals surface area contributed by atoms with Crippen LogP contribution >= 0.6 is 0 Å². The summed E-state index contributed by atoms with van der Waals surface area (Å²) in [6.07, 6.45) is 7.49. The molecule has 2 saturated heterocycles. The SMILES string of the molecule is c1cnc(N2C[C@@H]3OCCN(c4cccnc4)[C@@H]3C2)nc1. The van der Waals surface area contributed by atoms with E-state index in [2.05, 4.69) is 30.8 Å². The number of hydrogen-bond donors (Lipinski definition) is 0. The number of pyridine rings is 1. The Morgan fingerprint density at radius 3 is 2.81 bits per heavy atom. The molecule has 0 N–H and O–H groups in total. The Hall–Kier alpha value is -2.21. The summed E-state index contributed by atoms with van der Waals surface area (Å²) in [5.41, 5.74) is 1.16. The maximum absolute atomic E-state index is 5.95. The van der Waals surface area contributed by atoms with Crippen LogP contribution in [0, 0.1) is 0 Å². The van der Waals surface area contributed by atoms with E-state index in [1.54, 1.807) is 18.6 Å². The van der Waals surface area contributed by atoms with Crippen LogP contribution in [0.2, 0.25) is 0 Å². The summed E-state index contributed by atoms with van der Waals surface area (Å²) in [6, 6.07) is 6.25. The summed E-state index contributed by atoms with van der Waals surface area (Å²) in [6.45, 7) is 3.37. The highest BCUT2D eigenvalue weighted by Gasteiger charge is 2.41. The molecule has 2 aromatic heterocycles. The van der Waals surface area contributed by atoms with E-state index in [9.17, 15) is 0 Å². The fraction of sp³-hybridized carbons (Fsp3) is 0.400. The second-order valence-electron chi connectivity index (χ2n) is 5.33. The third kappa shape index (κ3) is 2.31. The van der Waals surface area contributed by atoms with Gasteiger partial charge in [-0.2, -0.15) is 0 Å². The standard InChI is InChI=1S/C15H17N5O/c1-3-12(9-16-4-1)20-7-8-21-14-11-19(10-13(14)20)15-17-5-2-6-18-15/h1-6,9,13-14H,7-8,10-11H2/t13-,14+/m1/s1. The zero-order valence-corrected chi connectivity index (χ0v) is 11.7. The third-order valence-electron chi connectivity index (χ3n) is 4.11. The molecule has 4 heterocycles. The van der Waals surface area contributed by atoms with Crippen LogP contribution in [-0.4, -0.2) is 53.3 Å². The lowest BCUT2D eigenvalue weighted by Gasteiger charge is -2.38. The predicted octanol–water partition coefficient (Wildman–Crippen LogP) is 0.966. The molecule has 0 bridgehead atoms. The van der Waals surface area contributed by atoms with Gasteiger partial charge in [0.2, 0.25) is 5.95 Å². The van der Waals surface area contributed by atoms with Gasteiger partial charge in [-0.15, -0.1) is 0 Å². The highest BCUT2D eigenvalue weighted by Crippen LogP contribution is 2.28. The molecular weight excluding hydrogens is 266 g/mol. The summed E-state index contributed by atoms with van der Waals surface area (Å²) in [7, 11) is 0. The van der Waals surface area contributed by atoms with Crippen LogP contribution in [0.25, 0.3) is 0 Å². The monoisotopic (exact) mass is 283 g/mol. The van der Waals surface area contributed by atoms with Crippen molar-refractivity contribution in [3.8, 4) is 0 Å². The van der Waals surface area contributed by atoms with E-state index >= 15 is 0 Å². The van der Waals surface area contributed by atoms with Gasteiger partial charge in [-0.1, -0.05) is 0 Å². The summed E-state index contributed by atoms with van der Waals surface area (Å²) in [4.78, 5) is 17.5. The molecule has 21 heavy (non-hydrogen) atoms. The molecule has 4 rings (SSSR count). The Kier molecular flexibility index (Phi) is 3.16. The van der Waals surface area contributed by atoms with Crippen molar-refractivity contribution in [3.05, 3.63) is 43.0 Å². The van der Waals surface area contributed by atoms with E-state index in [0.29, 0.717) is 6.04 Å². The molecule has 0 amide bonds. The predicted molar refractivity (Wildman–Crippen MR) is 79.4 cm³/mol. The highest BCUT2D eigenvalue weighted by molar-refractivity contribution is 5.48. The number of aromatic nitrogens is 3. The van der Waals surface area contributed by atoms with Crippen LogP contribution in [-0.2, 0) is 4.74 Å². The smallest absolute Gasteiger partial charge is 0.225 e. The molecule has 2 aliphatic rings.